The topological polar surface area (TPSA) is 69.6 Å². The van der Waals surface area contributed by atoms with Crippen LogP contribution in [0.2, 0.25) is 0 Å². The molecule has 0 N–H and O–H groups in total. The van der Waals surface area contributed by atoms with Gasteiger partial charge in [0.1, 0.15) is 0 Å². The summed E-state index contributed by atoms with van der Waals surface area (Å²) in [6.07, 6.45) is 3.22. The van der Waals surface area contributed by atoms with Gasteiger partial charge in [0.2, 0.25) is 0 Å². The highest BCUT2D eigenvalue weighted by atomic mass is 16.6. The van der Waals surface area contributed by atoms with Crippen LogP contribution in [0.3, 0.4) is 0 Å². The van der Waals surface area contributed by atoms with Crippen LogP contribution in [-0.2, 0) is 0 Å². The normalized spacial score (nSPS) is 13.6. The monoisotopic (exact) mass is 188 g/mol. The van der Waals surface area contributed by atoms with Crippen LogP contribution in [0.25, 0.3) is 5.57 Å². The van der Waals surface area contributed by atoms with Crippen molar-refractivity contribution in [3.05, 3.63) is 46.1 Å². The van der Waals surface area contributed by atoms with Crippen LogP contribution in [0.1, 0.15) is 5.56 Å². The Hall–Kier alpha value is -2.17. The Morgan fingerprint density at radius 3 is 2.43 bits per heavy atom. The highest BCUT2D eigenvalue weighted by Crippen LogP contribution is 2.18. The second-order valence-corrected chi connectivity index (χ2v) is 2.75. The lowest BCUT2D eigenvalue weighted by molar-refractivity contribution is -0.384. The molecule has 2 rings (SSSR count). The minimum atomic E-state index is -0.425. The number of hydrogen-bond donors (Lipinski definition) is 0. The van der Waals surface area contributed by atoms with Gasteiger partial charge in [0.15, 0.2) is 0 Å². The molecule has 0 spiro atoms. The van der Waals surface area contributed by atoms with Gasteiger partial charge >= 0.3 is 0 Å². The molecular formula is C9H6N3O2. The summed E-state index contributed by atoms with van der Waals surface area (Å²) in [5, 5.41) is 14.1. The van der Waals surface area contributed by atoms with Gasteiger partial charge in [0.25, 0.3) is 5.69 Å². The molecular weight excluding hydrogens is 182 g/mol. The van der Waals surface area contributed by atoms with E-state index >= 15 is 0 Å². The Kier molecular flexibility index (Phi) is 1.98. The van der Waals surface area contributed by atoms with Crippen LogP contribution < -0.4 is 5.43 Å². The van der Waals surface area contributed by atoms with Gasteiger partial charge in [-0.3, -0.25) is 10.1 Å². The van der Waals surface area contributed by atoms with Gasteiger partial charge in [-0.1, -0.05) is 0 Å². The first kappa shape index (κ1) is 8.43. The highest BCUT2D eigenvalue weighted by Gasteiger charge is 2.07. The van der Waals surface area contributed by atoms with E-state index in [0.29, 0.717) is 0 Å². The van der Waals surface area contributed by atoms with E-state index in [2.05, 4.69) is 10.5 Å². The van der Waals surface area contributed by atoms with E-state index in [9.17, 15) is 10.1 Å². The minimum Gasteiger partial charge on any atom is -0.258 e. The van der Waals surface area contributed by atoms with Gasteiger partial charge in [0, 0.05) is 17.7 Å². The molecule has 0 aliphatic carbocycles. The first-order valence-electron chi connectivity index (χ1n) is 3.95. The molecule has 5 nitrogen and oxygen atoms in total. The summed E-state index contributed by atoms with van der Waals surface area (Å²) in [6.45, 7) is 0. The molecule has 1 aliphatic heterocycles. The van der Waals surface area contributed by atoms with E-state index in [0.717, 1.165) is 11.1 Å². The van der Waals surface area contributed by atoms with E-state index in [4.69, 9.17) is 0 Å². The highest BCUT2D eigenvalue weighted by molar-refractivity contribution is 6.10. The minimum absolute atomic E-state index is 0.0845. The Morgan fingerprint density at radius 2 is 1.93 bits per heavy atom. The van der Waals surface area contributed by atoms with Crippen molar-refractivity contribution < 1.29 is 4.92 Å². The number of nitro groups is 1. The fraction of sp³-hybridized carbons (Fsp3) is 0. The fourth-order valence-corrected chi connectivity index (χ4v) is 1.15. The van der Waals surface area contributed by atoms with Crippen molar-refractivity contribution in [2.45, 2.75) is 0 Å². The van der Waals surface area contributed by atoms with E-state index in [-0.39, 0.29) is 5.69 Å². The average molecular weight is 188 g/mol. The van der Waals surface area contributed by atoms with Crippen molar-refractivity contribution in [1.29, 1.82) is 0 Å². The lowest BCUT2D eigenvalue weighted by Crippen LogP contribution is -1.88. The molecule has 0 unspecified atom stereocenters. The summed E-state index contributed by atoms with van der Waals surface area (Å²) in [7, 11) is 0. The van der Waals surface area contributed by atoms with Crippen molar-refractivity contribution >= 4 is 17.5 Å². The molecule has 0 saturated carbocycles. The van der Waals surface area contributed by atoms with Gasteiger partial charge in [-0.25, -0.2) is 0 Å². The predicted molar refractivity (Wildman–Crippen MR) is 51.7 cm³/mol. The number of nitro benzene ring substituents is 1. The number of hydrogen-bond acceptors (Lipinski definition) is 3. The lowest BCUT2D eigenvalue weighted by Gasteiger charge is -1.96. The van der Waals surface area contributed by atoms with Crippen LogP contribution >= 0.6 is 0 Å². The van der Waals surface area contributed by atoms with Crippen LogP contribution in [0.4, 0.5) is 5.69 Å². The molecule has 0 aromatic heterocycles. The van der Waals surface area contributed by atoms with Gasteiger partial charge in [-0.05, 0) is 17.7 Å². The summed E-state index contributed by atoms with van der Waals surface area (Å²) in [6, 6.07) is 6.28. The molecule has 1 aromatic rings. The number of nitrogens with zero attached hydrogens (tertiary/aromatic N) is 3. The zero-order valence-corrected chi connectivity index (χ0v) is 7.12. The molecule has 14 heavy (non-hydrogen) atoms. The molecule has 0 fully saturated rings. The Morgan fingerprint density at radius 1 is 1.21 bits per heavy atom. The van der Waals surface area contributed by atoms with E-state index in [1.54, 1.807) is 24.5 Å². The molecule has 5 heteroatoms. The SMILES string of the molecule is O=[N+]([O-])c1ccc(C2=C[N]N=C2)cc1. The van der Waals surface area contributed by atoms with Gasteiger partial charge in [-0.15, -0.1) is 0 Å². The van der Waals surface area contributed by atoms with Crippen LogP contribution in [0.5, 0.6) is 0 Å². The molecule has 0 amide bonds. The zero-order valence-electron chi connectivity index (χ0n) is 7.12. The Balaban J connectivity index is 2.30. The maximum Gasteiger partial charge on any atom is 0.269 e. The maximum atomic E-state index is 10.4. The maximum absolute atomic E-state index is 10.4. The van der Waals surface area contributed by atoms with E-state index in [1.807, 2.05) is 0 Å². The zero-order chi connectivity index (χ0) is 9.97. The van der Waals surface area contributed by atoms with Crippen LogP contribution in [0.15, 0.2) is 35.6 Å². The Labute approximate surface area is 79.9 Å². The van der Waals surface area contributed by atoms with E-state index < -0.39 is 4.92 Å². The number of benzene rings is 1. The van der Waals surface area contributed by atoms with Crippen molar-refractivity contribution in [3.63, 3.8) is 0 Å². The average Bonchev–Trinajstić information content (AvgIpc) is 2.71. The number of non-ortho nitro benzene ring substituents is 1. The molecule has 1 radical (unpaired) electrons. The third-order valence-corrected chi connectivity index (χ3v) is 1.87. The molecule has 1 aromatic carbocycles. The summed E-state index contributed by atoms with van der Waals surface area (Å²) >= 11 is 0. The van der Waals surface area contributed by atoms with Crippen molar-refractivity contribution in [2.24, 2.45) is 5.10 Å². The van der Waals surface area contributed by atoms with Gasteiger partial charge in [0.05, 0.1) is 17.3 Å². The molecule has 1 aliphatic rings. The summed E-state index contributed by atoms with van der Waals surface area (Å²) in [4.78, 5) is 9.95. The van der Waals surface area contributed by atoms with Crippen molar-refractivity contribution in [3.8, 4) is 0 Å². The van der Waals surface area contributed by atoms with Gasteiger partial charge in [-0.2, -0.15) is 10.5 Å². The smallest absolute Gasteiger partial charge is 0.258 e. The number of allylic oxidation sites excluding steroid dienone is 1. The summed E-state index contributed by atoms with van der Waals surface area (Å²) in [5.41, 5.74) is 5.49. The Bertz CT molecular complexity index is 420. The quantitative estimate of drug-likeness (QED) is 0.521. The van der Waals surface area contributed by atoms with Crippen LogP contribution in [0, 0.1) is 10.1 Å². The second kappa shape index (κ2) is 3.29. The summed E-state index contributed by atoms with van der Waals surface area (Å²) in [5.74, 6) is 0. The number of rotatable bonds is 2. The third-order valence-electron chi connectivity index (χ3n) is 1.87. The lowest BCUT2D eigenvalue weighted by atomic mass is 10.1. The van der Waals surface area contributed by atoms with Gasteiger partial charge < -0.3 is 0 Å². The first-order chi connectivity index (χ1) is 6.77. The molecule has 69 valence electrons. The second-order valence-electron chi connectivity index (χ2n) is 2.75. The first-order valence-corrected chi connectivity index (χ1v) is 3.95. The largest absolute Gasteiger partial charge is 0.269 e. The third kappa shape index (κ3) is 1.47. The van der Waals surface area contributed by atoms with Crippen LogP contribution in [-0.4, -0.2) is 11.1 Å². The molecule has 0 saturated heterocycles. The fourth-order valence-electron chi connectivity index (χ4n) is 1.15. The molecule has 0 bridgehead atoms. The predicted octanol–water partition coefficient (Wildman–Crippen LogP) is 1.54. The summed E-state index contributed by atoms with van der Waals surface area (Å²) < 4.78 is 0. The van der Waals surface area contributed by atoms with Crippen molar-refractivity contribution in [2.75, 3.05) is 0 Å². The molecule has 1 heterocycles. The van der Waals surface area contributed by atoms with E-state index in [1.165, 1.54) is 12.1 Å². The molecule has 0 atom stereocenters. The van der Waals surface area contributed by atoms with Crippen molar-refractivity contribution in [1.82, 2.24) is 5.43 Å². The standard InChI is InChI=1S/C9H6N3O2/c13-12(14)9-3-1-7(2-4-9)8-5-10-11-6-8/h1-6H.